The zero-order valence-corrected chi connectivity index (χ0v) is 20.8. The second-order valence-electron chi connectivity index (χ2n) is 7.82. The largest absolute Gasteiger partial charge is 0.484 e. The highest BCUT2D eigenvalue weighted by molar-refractivity contribution is 6.32. The summed E-state index contributed by atoms with van der Waals surface area (Å²) in [5, 5.41) is 24.9. The monoisotopic (exact) mass is 527 g/mol. The van der Waals surface area contributed by atoms with E-state index in [1.54, 1.807) is 11.7 Å². The number of nitro groups is 1. The molecule has 0 aliphatic heterocycles. The molecule has 14 heteroatoms. The minimum Gasteiger partial charge on any atom is -0.484 e. The molecule has 0 atom stereocenters. The molecule has 0 aliphatic carbocycles. The lowest BCUT2D eigenvalue weighted by Gasteiger charge is -2.09. The second-order valence-corrected chi connectivity index (χ2v) is 8.23. The van der Waals surface area contributed by atoms with Crippen molar-refractivity contribution in [3.63, 3.8) is 0 Å². The Balaban J connectivity index is 1.46. The maximum atomic E-state index is 13.0. The van der Waals surface area contributed by atoms with Gasteiger partial charge in [0.2, 0.25) is 0 Å². The molecule has 2 amide bonds. The van der Waals surface area contributed by atoms with E-state index < -0.39 is 16.7 Å². The van der Waals surface area contributed by atoms with E-state index in [-0.39, 0.29) is 46.0 Å². The van der Waals surface area contributed by atoms with Gasteiger partial charge in [0.15, 0.2) is 5.76 Å². The molecule has 192 valence electrons. The maximum Gasteiger partial charge on any atom is 0.291 e. The highest BCUT2D eigenvalue weighted by Crippen LogP contribution is 2.30. The molecule has 0 fully saturated rings. The lowest BCUT2D eigenvalue weighted by molar-refractivity contribution is -0.384. The summed E-state index contributed by atoms with van der Waals surface area (Å²) in [6.45, 7) is 3.90. The zero-order valence-electron chi connectivity index (χ0n) is 20.0. The molecule has 0 bridgehead atoms. The molecule has 0 unspecified atom stereocenters. The van der Waals surface area contributed by atoms with Crippen LogP contribution in [0.1, 0.15) is 39.4 Å². The highest BCUT2D eigenvalue weighted by Gasteiger charge is 2.23. The van der Waals surface area contributed by atoms with E-state index in [1.165, 1.54) is 47.4 Å². The van der Waals surface area contributed by atoms with E-state index in [9.17, 15) is 19.7 Å². The number of benzene rings is 1. The number of carbonyl (C=O) groups excluding carboxylic acids is 2. The number of carbonyl (C=O) groups is 2. The Hall–Kier alpha value is -4.65. The van der Waals surface area contributed by atoms with Crippen molar-refractivity contribution in [3.8, 4) is 5.75 Å². The Morgan fingerprint density at radius 1 is 1.14 bits per heavy atom. The van der Waals surface area contributed by atoms with Gasteiger partial charge in [0.1, 0.15) is 23.8 Å². The van der Waals surface area contributed by atoms with Crippen LogP contribution in [-0.4, -0.2) is 36.3 Å². The first-order valence-electron chi connectivity index (χ1n) is 11.0. The van der Waals surface area contributed by atoms with Gasteiger partial charge in [0, 0.05) is 19.7 Å². The Kier molecular flexibility index (Phi) is 7.25. The van der Waals surface area contributed by atoms with Crippen molar-refractivity contribution in [1.82, 2.24) is 19.6 Å². The third-order valence-corrected chi connectivity index (χ3v) is 5.78. The standard InChI is InChI=1S/C23H22ClN7O6/c1-4-30-21(23(33)27-17-10-25-29(3)13(17)2)18(11-26-30)28-22(32)19-8-6-15(37-19)12-36-20-9-14(31(34)35)5-7-16(20)24/h5-11H,4,12H2,1-3H3,(H,27,33)(H,28,32). The van der Waals surface area contributed by atoms with Gasteiger partial charge in [-0.05, 0) is 32.0 Å². The quantitative estimate of drug-likeness (QED) is 0.242. The van der Waals surface area contributed by atoms with Gasteiger partial charge >= 0.3 is 0 Å². The minimum atomic E-state index is -0.609. The minimum absolute atomic E-state index is 0.0394. The fourth-order valence-corrected chi connectivity index (χ4v) is 3.56. The number of halogens is 1. The molecule has 1 aromatic carbocycles. The van der Waals surface area contributed by atoms with Gasteiger partial charge in [0.05, 0.1) is 45.5 Å². The van der Waals surface area contributed by atoms with Crippen molar-refractivity contribution in [2.24, 2.45) is 7.05 Å². The number of nitrogens with one attached hydrogen (secondary N) is 2. The van der Waals surface area contributed by atoms with E-state index >= 15 is 0 Å². The SMILES string of the molecule is CCn1ncc(NC(=O)c2ccc(COc3cc([N+](=O)[O-])ccc3Cl)o2)c1C(=O)Nc1cnn(C)c1C. The number of aromatic nitrogens is 4. The predicted octanol–water partition coefficient (Wildman–Crippen LogP) is 4.18. The number of rotatable bonds is 9. The molecule has 0 spiro atoms. The number of anilines is 2. The molecular weight excluding hydrogens is 506 g/mol. The summed E-state index contributed by atoms with van der Waals surface area (Å²) in [5.74, 6) is -0.732. The summed E-state index contributed by atoms with van der Waals surface area (Å²) in [6.07, 6.45) is 2.91. The van der Waals surface area contributed by atoms with Crippen LogP contribution in [0.15, 0.2) is 47.1 Å². The van der Waals surface area contributed by atoms with Gasteiger partial charge in [0.25, 0.3) is 17.5 Å². The molecule has 0 saturated heterocycles. The maximum absolute atomic E-state index is 13.0. The number of nitro benzene ring substituents is 1. The fourth-order valence-electron chi connectivity index (χ4n) is 3.39. The lowest BCUT2D eigenvalue weighted by Crippen LogP contribution is -2.21. The molecule has 0 saturated carbocycles. The Labute approximate surface area is 215 Å². The van der Waals surface area contributed by atoms with Crippen LogP contribution in [0.5, 0.6) is 5.75 Å². The van der Waals surface area contributed by atoms with Crippen molar-refractivity contribution in [1.29, 1.82) is 0 Å². The number of hydrogen-bond acceptors (Lipinski definition) is 8. The predicted molar refractivity (Wildman–Crippen MR) is 133 cm³/mol. The van der Waals surface area contributed by atoms with Crippen LogP contribution in [-0.2, 0) is 20.2 Å². The molecule has 0 radical (unpaired) electrons. The van der Waals surface area contributed by atoms with Crippen molar-refractivity contribution in [2.45, 2.75) is 27.0 Å². The number of furan rings is 1. The number of amides is 2. The lowest BCUT2D eigenvalue weighted by atomic mass is 10.3. The first kappa shape index (κ1) is 25.4. The van der Waals surface area contributed by atoms with Gasteiger partial charge in [-0.2, -0.15) is 10.2 Å². The molecule has 13 nitrogen and oxygen atoms in total. The first-order valence-corrected chi connectivity index (χ1v) is 11.4. The van der Waals surface area contributed by atoms with Gasteiger partial charge in [-0.3, -0.25) is 29.1 Å². The fraction of sp³-hybridized carbons (Fsp3) is 0.217. The number of ether oxygens (including phenoxy) is 1. The third kappa shape index (κ3) is 5.46. The molecule has 37 heavy (non-hydrogen) atoms. The average molecular weight is 528 g/mol. The molecule has 2 N–H and O–H groups in total. The van der Waals surface area contributed by atoms with Gasteiger partial charge in [-0.1, -0.05) is 11.6 Å². The van der Waals surface area contributed by atoms with Gasteiger partial charge < -0.3 is 19.8 Å². The number of aryl methyl sites for hydroxylation is 2. The topological polar surface area (TPSA) is 159 Å². The summed E-state index contributed by atoms with van der Waals surface area (Å²) in [6, 6.07) is 6.78. The van der Waals surface area contributed by atoms with E-state index in [1.807, 2.05) is 13.8 Å². The summed E-state index contributed by atoms with van der Waals surface area (Å²) in [5.41, 5.74) is 1.48. The second kappa shape index (κ2) is 10.5. The number of non-ortho nitro benzene ring substituents is 1. The van der Waals surface area contributed by atoms with Crippen molar-refractivity contribution < 1.29 is 23.7 Å². The zero-order chi connectivity index (χ0) is 26.7. The average Bonchev–Trinajstić information content (AvgIpc) is 3.59. The van der Waals surface area contributed by atoms with Gasteiger partial charge in [-0.15, -0.1) is 0 Å². The Morgan fingerprint density at radius 3 is 2.54 bits per heavy atom. The van der Waals surface area contributed by atoms with Crippen molar-refractivity contribution in [3.05, 3.63) is 80.8 Å². The number of nitrogens with zero attached hydrogens (tertiary/aromatic N) is 5. The number of hydrogen-bond donors (Lipinski definition) is 2. The molecule has 3 aromatic heterocycles. The van der Waals surface area contributed by atoms with Crippen LogP contribution >= 0.6 is 11.6 Å². The van der Waals surface area contributed by atoms with Gasteiger partial charge in [-0.25, -0.2) is 0 Å². The first-order chi connectivity index (χ1) is 17.7. The molecule has 3 heterocycles. The van der Waals surface area contributed by atoms with Crippen LogP contribution < -0.4 is 15.4 Å². The van der Waals surface area contributed by atoms with Crippen LogP contribution in [0.25, 0.3) is 0 Å². The van der Waals surface area contributed by atoms with Crippen LogP contribution in [0.2, 0.25) is 5.02 Å². The molecule has 0 aliphatic rings. The smallest absolute Gasteiger partial charge is 0.291 e. The third-order valence-electron chi connectivity index (χ3n) is 5.47. The van der Waals surface area contributed by atoms with E-state index in [0.29, 0.717) is 12.2 Å². The summed E-state index contributed by atoms with van der Waals surface area (Å²) in [7, 11) is 1.76. The van der Waals surface area contributed by atoms with Crippen LogP contribution in [0.4, 0.5) is 17.1 Å². The van der Waals surface area contributed by atoms with E-state index in [4.69, 9.17) is 20.8 Å². The molecule has 4 aromatic rings. The summed E-state index contributed by atoms with van der Waals surface area (Å²) < 4.78 is 14.2. The Bertz CT molecular complexity index is 1490. The van der Waals surface area contributed by atoms with Crippen LogP contribution in [0, 0.1) is 17.0 Å². The van der Waals surface area contributed by atoms with E-state index in [0.717, 1.165) is 5.69 Å². The Morgan fingerprint density at radius 2 is 1.86 bits per heavy atom. The molecule has 4 rings (SSSR count). The normalized spacial score (nSPS) is 10.8. The highest BCUT2D eigenvalue weighted by atomic mass is 35.5. The summed E-state index contributed by atoms with van der Waals surface area (Å²) in [4.78, 5) is 36.3. The summed E-state index contributed by atoms with van der Waals surface area (Å²) >= 11 is 6.04. The van der Waals surface area contributed by atoms with Crippen molar-refractivity contribution in [2.75, 3.05) is 10.6 Å². The van der Waals surface area contributed by atoms with Crippen molar-refractivity contribution >= 4 is 40.5 Å². The van der Waals surface area contributed by atoms with E-state index in [2.05, 4.69) is 20.8 Å². The molecular formula is C23H22ClN7O6. The van der Waals surface area contributed by atoms with Crippen LogP contribution in [0.3, 0.4) is 0 Å².